The maximum atomic E-state index is 5.93. The van der Waals surface area contributed by atoms with Gasteiger partial charge in [-0.3, -0.25) is 0 Å². The SMILES string of the molecule is Cc1c(C)c(N)c([SiH3])c(C)c1N. The maximum Gasteiger partial charge on any atom is 0.0416 e. The van der Waals surface area contributed by atoms with Gasteiger partial charge in [0.1, 0.15) is 0 Å². The Morgan fingerprint density at radius 3 is 1.75 bits per heavy atom. The minimum absolute atomic E-state index is 0.909. The van der Waals surface area contributed by atoms with Crippen molar-refractivity contribution >= 4 is 26.8 Å². The van der Waals surface area contributed by atoms with E-state index in [1.54, 1.807) is 0 Å². The van der Waals surface area contributed by atoms with E-state index in [0.717, 1.165) is 32.7 Å². The van der Waals surface area contributed by atoms with E-state index in [9.17, 15) is 0 Å². The van der Waals surface area contributed by atoms with E-state index < -0.39 is 0 Å². The zero-order valence-electron chi connectivity index (χ0n) is 8.15. The first-order valence-corrected chi connectivity index (χ1v) is 5.08. The molecule has 0 radical (unpaired) electrons. The van der Waals surface area contributed by atoms with Gasteiger partial charge >= 0.3 is 0 Å². The van der Waals surface area contributed by atoms with Crippen molar-refractivity contribution in [1.29, 1.82) is 0 Å². The number of hydrogen-bond acceptors (Lipinski definition) is 2. The van der Waals surface area contributed by atoms with Crippen molar-refractivity contribution in [2.24, 2.45) is 0 Å². The van der Waals surface area contributed by atoms with Crippen LogP contribution in [0.4, 0.5) is 11.4 Å². The molecule has 0 bridgehead atoms. The predicted molar refractivity (Wildman–Crippen MR) is 59.1 cm³/mol. The van der Waals surface area contributed by atoms with Crippen molar-refractivity contribution in [3.05, 3.63) is 16.7 Å². The van der Waals surface area contributed by atoms with Crippen molar-refractivity contribution in [3.63, 3.8) is 0 Å². The van der Waals surface area contributed by atoms with Crippen molar-refractivity contribution in [1.82, 2.24) is 0 Å². The highest BCUT2D eigenvalue weighted by molar-refractivity contribution is 6.37. The van der Waals surface area contributed by atoms with Gasteiger partial charge in [0.25, 0.3) is 0 Å². The summed E-state index contributed by atoms with van der Waals surface area (Å²) in [5.41, 5.74) is 17.1. The lowest BCUT2D eigenvalue weighted by Crippen LogP contribution is -2.18. The molecule has 1 aromatic carbocycles. The highest BCUT2D eigenvalue weighted by Crippen LogP contribution is 2.22. The number of hydrogen-bond donors (Lipinski definition) is 2. The van der Waals surface area contributed by atoms with Crippen LogP contribution in [-0.2, 0) is 0 Å². The van der Waals surface area contributed by atoms with Crippen LogP contribution in [0.25, 0.3) is 0 Å². The fraction of sp³-hybridized carbons (Fsp3) is 0.333. The zero-order valence-corrected chi connectivity index (χ0v) is 10.2. The number of anilines is 2. The lowest BCUT2D eigenvalue weighted by atomic mass is 10.0. The zero-order chi connectivity index (χ0) is 9.46. The Labute approximate surface area is 76.4 Å². The van der Waals surface area contributed by atoms with Crippen LogP contribution in [0.2, 0.25) is 0 Å². The first kappa shape index (κ1) is 9.13. The second kappa shape index (κ2) is 2.82. The lowest BCUT2D eigenvalue weighted by molar-refractivity contribution is 1.33. The van der Waals surface area contributed by atoms with Crippen LogP contribution < -0.4 is 16.7 Å². The van der Waals surface area contributed by atoms with Gasteiger partial charge < -0.3 is 11.5 Å². The third-order valence-electron chi connectivity index (χ3n) is 2.74. The molecule has 0 aliphatic heterocycles. The fourth-order valence-corrected chi connectivity index (χ4v) is 2.01. The molecule has 0 atom stereocenters. The molecular formula is C9H16N2Si. The minimum atomic E-state index is 0.909. The molecule has 0 spiro atoms. The topological polar surface area (TPSA) is 52.0 Å². The smallest absolute Gasteiger partial charge is 0.0416 e. The van der Waals surface area contributed by atoms with Gasteiger partial charge in [-0.05, 0) is 42.6 Å². The van der Waals surface area contributed by atoms with E-state index in [2.05, 4.69) is 0 Å². The molecule has 4 N–H and O–H groups in total. The Morgan fingerprint density at radius 2 is 1.25 bits per heavy atom. The van der Waals surface area contributed by atoms with Gasteiger partial charge in [0.05, 0.1) is 0 Å². The number of nitrogen functional groups attached to an aromatic ring is 2. The summed E-state index contributed by atoms with van der Waals surface area (Å²) in [5, 5.41) is 1.25. The second-order valence-corrected chi connectivity index (χ2v) is 4.33. The van der Waals surface area contributed by atoms with Gasteiger partial charge in [0, 0.05) is 21.6 Å². The molecule has 0 aliphatic rings. The van der Waals surface area contributed by atoms with E-state index in [4.69, 9.17) is 11.5 Å². The van der Waals surface area contributed by atoms with Gasteiger partial charge in [-0.2, -0.15) is 0 Å². The van der Waals surface area contributed by atoms with Gasteiger partial charge in [-0.15, -0.1) is 0 Å². The molecule has 0 saturated carbocycles. The first-order valence-electron chi connectivity index (χ1n) is 4.08. The Kier molecular flexibility index (Phi) is 2.15. The van der Waals surface area contributed by atoms with Gasteiger partial charge in [-0.25, -0.2) is 0 Å². The molecule has 0 amide bonds. The van der Waals surface area contributed by atoms with Crippen LogP contribution in [0.3, 0.4) is 0 Å². The minimum Gasteiger partial charge on any atom is -0.399 e. The van der Waals surface area contributed by atoms with E-state index in [1.807, 2.05) is 20.8 Å². The molecule has 2 nitrogen and oxygen atoms in total. The molecule has 1 aromatic rings. The van der Waals surface area contributed by atoms with Crippen LogP contribution in [0.15, 0.2) is 0 Å². The number of benzene rings is 1. The summed E-state index contributed by atoms with van der Waals surface area (Å²) >= 11 is 0. The molecular weight excluding hydrogens is 164 g/mol. The molecule has 3 heteroatoms. The summed E-state index contributed by atoms with van der Waals surface area (Å²) in [4.78, 5) is 0. The summed E-state index contributed by atoms with van der Waals surface area (Å²) in [6.07, 6.45) is 0. The number of rotatable bonds is 0. The van der Waals surface area contributed by atoms with E-state index >= 15 is 0 Å². The van der Waals surface area contributed by atoms with E-state index in [-0.39, 0.29) is 0 Å². The fourth-order valence-electron chi connectivity index (χ4n) is 1.37. The summed E-state index contributed by atoms with van der Waals surface area (Å²) in [5.74, 6) is 0. The normalized spacial score (nSPS) is 10.6. The van der Waals surface area contributed by atoms with Crippen molar-refractivity contribution in [2.45, 2.75) is 20.8 Å². The van der Waals surface area contributed by atoms with Crippen LogP contribution in [0, 0.1) is 20.8 Å². The average molecular weight is 180 g/mol. The summed E-state index contributed by atoms with van der Waals surface area (Å²) in [6.45, 7) is 6.09. The van der Waals surface area contributed by atoms with Crippen LogP contribution >= 0.6 is 0 Å². The van der Waals surface area contributed by atoms with Gasteiger partial charge in [0.15, 0.2) is 0 Å². The summed E-state index contributed by atoms with van der Waals surface area (Å²) < 4.78 is 0. The molecule has 0 saturated heterocycles. The Hall–Kier alpha value is -0.963. The predicted octanol–water partition coefficient (Wildman–Crippen LogP) is -0.233. The van der Waals surface area contributed by atoms with Gasteiger partial charge in [-0.1, -0.05) is 0 Å². The third-order valence-corrected chi connectivity index (χ3v) is 4.03. The Balaban J connectivity index is 3.60. The van der Waals surface area contributed by atoms with Crippen molar-refractivity contribution in [2.75, 3.05) is 11.5 Å². The van der Waals surface area contributed by atoms with Crippen LogP contribution in [-0.4, -0.2) is 10.2 Å². The average Bonchev–Trinajstić information content (AvgIpc) is 2.08. The summed E-state index contributed by atoms with van der Waals surface area (Å²) in [7, 11) is 0.969. The molecule has 12 heavy (non-hydrogen) atoms. The quantitative estimate of drug-likeness (QED) is 0.428. The molecule has 0 unspecified atom stereocenters. The third kappa shape index (κ3) is 1.10. The van der Waals surface area contributed by atoms with Crippen LogP contribution in [0.1, 0.15) is 16.7 Å². The maximum absolute atomic E-state index is 5.93. The highest BCUT2D eigenvalue weighted by atomic mass is 28.1. The highest BCUT2D eigenvalue weighted by Gasteiger charge is 2.09. The van der Waals surface area contributed by atoms with Crippen molar-refractivity contribution < 1.29 is 0 Å². The van der Waals surface area contributed by atoms with Crippen molar-refractivity contribution in [3.8, 4) is 0 Å². The standard InChI is InChI=1S/C9H16N2Si/c1-4-5(2)8(11)9(12)6(3)7(4)10/h10-11H2,1-3,12H3. The molecule has 0 aliphatic carbocycles. The largest absolute Gasteiger partial charge is 0.399 e. The second-order valence-electron chi connectivity index (χ2n) is 3.33. The van der Waals surface area contributed by atoms with Crippen LogP contribution in [0.5, 0.6) is 0 Å². The van der Waals surface area contributed by atoms with E-state index in [0.29, 0.717) is 0 Å². The molecule has 0 fully saturated rings. The molecule has 0 aromatic heterocycles. The first-order chi connectivity index (χ1) is 5.46. The summed E-state index contributed by atoms with van der Waals surface area (Å²) in [6, 6.07) is 0. The molecule has 0 heterocycles. The Morgan fingerprint density at radius 1 is 0.833 bits per heavy atom. The lowest BCUT2D eigenvalue weighted by Gasteiger charge is -2.14. The van der Waals surface area contributed by atoms with Gasteiger partial charge in [0.2, 0.25) is 0 Å². The molecule has 66 valence electrons. The number of nitrogens with two attached hydrogens (primary N) is 2. The monoisotopic (exact) mass is 180 g/mol. The Bertz CT molecular complexity index is 227. The molecule has 1 rings (SSSR count). The van der Waals surface area contributed by atoms with E-state index in [1.165, 1.54) is 10.8 Å².